The van der Waals surface area contributed by atoms with Crippen molar-refractivity contribution in [3.05, 3.63) is 0 Å². The SMILES string of the molecule is CC(=O)N[C@@H](CS)C(=O)ON.[Ca+2].[H-].[H-]. The van der Waals surface area contributed by atoms with Crippen LogP contribution in [-0.2, 0) is 14.4 Å². The molecule has 0 aliphatic carbocycles. The minimum Gasteiger partial charge on any atom is -1.00 e. The molecule has 0 unspecified atom stereocenters. The number of rotatable bonds is 3. The molecule has 0 aromatic rings. The van der Waals surface area contributed by atoms with Gasteiger partial charge >= 0.3 is 43.7 Å². The van der Waals surface area contributed by atoms with E-state index in [2.05, 4.69) is 28.7 Å². The molecule has 0 aromatic heterocycles. The van der Waals surface area contributed by atoms with E-state index >= 15 is 0 Å². The number of nitrogens with two attached hydrogens (primary N) is 1. The standard InChI is InChI=1S/C5H10N2O3S.Ca.2H/c1-3(8)7-4(2-11)5(9)10-6;;;/h4,11H,2,6H2,1H3,(H,7,8);;;/q;+2;2*-1/t4-;;;/m0.../s1. The van der Waals surface area contributed by atoms with Crippen LogP contribution in [0.1, 0.15) is 9.78 Å². The van der Waals surface area contributed by atoms with Gasteiger partial charge in [0, 0.05) is 12.7 Å². The third-order valence-corrected chi connectivity index (χ3v) is 1.33. The van der Waals surface area contributed by atoms with Crippen LogP contribution in [0.4, 0.5) is 0 Å². The van der Waals surface area contributed by atoms with Gasteiger partial charge in [-0.2, -0.15) is 18.5 Å². The van der Waals surface area contributed by atoms with Gasteiger partial charge in [0.1, 0.15) is 6.04 Å². The summed E-state index contributed by atoms with van der Waals surface area (Å²) in [5, 5.41) is 2.31. The van der Waals surface area contributed by atoms with E-state index in [1.54, 1.807) is 0 Å². The molecule has 0 heterocycles. The number of hydrogen-bond acceptors (Lipinski definition) is 5. The zero-order chi connectivity index (χ0) is 8.85. The van der Waals surface area contributed by atoms with Gasteiger partial charge in [-0.3, -0.25) is 4.79 Å². The Morgan fingerprint density at radius 2 is 2.25 bits per heavy atom. The minimum atomic E-state index is -0.763. The molecule has 0 aliphatic rings. The summed E-state index contributed by atoms with van der Waals surface area (Å²) in [4.78, 5) is 25.0. The molecule has 0 rings (SSSR count). The monoisotopic (exact) mass is 220 g/mol. The van der Waals surface area contributed by atoms with Crippen molar-refractivity contribution in [3.8, 4) is 0 Å². The fourth-order valence-corrected chi connectivity index (χ4v) is 0.747. The third kappa shape index (κ3) is 6.07. The molecule has 0 saturated heterocycles. The van der Waals surface area contributed by atoms with Crippen molar-refractivity contribution >= 4 is 62.2 Å². The topological polar surface area (TPSA) is 81.4 Å². The average molecular weight is 220 g/mol. The van der Waals surface area contributed by atoms with E-state index < -0.39 is 12.0 Å². The Bertz CT molecular complexity index is 175. The third-order valence-electron chi connectivity index (χ3n) is 0.961. The van der Waals surface area contributed by atoms with Gasteiger partial charge in [0.25, 0.3) is 0 Å². The smallest absolute Gasteiger partial charge is 1.00 e. The van der Waals surface area contributed by atoms with Crippen LogP contribution in [-0.4, -0.2) is 61.4 Å². The van der Waals surface area contributed by atoms with Crippen LogP contribution in [0, 0.1) is 0 Å². The first-order valence-electron chi connectivity index (χ1n) is 2.90. The Morgan fingerprint density at radius 1 is 1.75 bits per heavy atom. The minimum absolute atomic E-state index is 0. The van der Waals surface area contributed by atoms with Crippen molar-refractivity contribution in [1.29, 1.82) is 0 Å². The molecule has 1 atom stereocenters. The first kappa shape index (κ1) is 15.0. The van der Waals surface area contributed by atoms with Crippen molar-refractivity contribution in [1.82, 2.24) is 5.32 Å². The van der Waals surface area contributed by atoms with Crippen molar-refractivity contribution in [2.75, 3.05) is 5.75 Å². The van der Waals surface area contributed by atoms with Gasteiger partial charge in [0.2, 0.25) is 5.91 Å². The van der Waals surface area contributed by atoms with Gasteiger partial charge in [-0.05, 0) is 0 Å². The summed E-state index contributed by atoms with van der Waals surface area (Å²) in [6, 6.07) is -0.763. The fraction of sp³-hybridized carbons (Fsp3) is 0.600. The number of carbonyl (C=O) groups is 2. The molecule has 0 spiro atoms. The maximum absolute atomic E-state index is 10.7. The summed E-state index contributed by atoms with van der Waals surface area (Å²) in [6.07, 6.45) is 0. The predicted octanol–water partition coefficient (Wildman–Crippen LogP) is -1.32. The zero-order valence-electron chi connectivity index (χ0n) is 8.74. The summed E-state index contributed by atoms with van der Waals surface area (Å²) in [7, 11) is 0. The molecule has 12 heavy (non-hydrogen) atoms. The summed E-state index contributed by atoms with van der Waals surface area (Å²) >= 11 is 3.81. The zero-order valence-corrected chi connectivity index (χ0v) is 9.84. The Balaban J connectivity index is -0.000000167. The number of hydrogen-bond donors (Lipinski definition) is 3. The first-order valence-corrected chi connectivity index (χ1v) is 3.53. The Morgan fingerprint density at radius 3 is 2.50 bits per heavy atom. The van der Waals surface area contributed by atoms with E-state index in [0.717, 1.165) is 0 Å². The molecule has 0 aliphatic heterocycles. The van der Waals surface area contributed by atoms with Crippen LogP contribution in [0.15, 0.2) is 0 Å². The van der Waals surface area contributed by atoms with Gasteiger partial charge in [0.05, 0.1) is 0 Å². The second-order valence-corrected chi connectivity index (χ2v) is 2.24. The Labute approximate surface area is 109 Å². The largest absolute Gasteiger partial charge is 2.00 e. The molecule has 1 amide bonds. The second-order valence-electron chi connectivity index (χ2n) is 1.87. The number of nitrogens with one attached hydrogen (secondary N) is 1. The van der Waals surface area contributed by atoms with E-state index in [1.807, 2.05) is 0 Å². The molecule has 3 N–H and O–H groups in total. The molecule has 5 nitrogen and oxygen atoms in total. The van der Waals surface area contributed by atoms with E-state index in [-0.39, 0.29) is 52.3 Å². The molecule has 0 saturated carbocycles. The van der Waals surface area contributed by atoms with Crippen LogP contribution < -0.4 is 11.2 Å². The molecule has 7 heteroatoms. The van der Waals surface area contributed by atoms with Crippen molar-refractivity contribution in [2.45, 2.75) is 13.0 Å². The maximum atomic E-state index is 10.7. The molecule has 0 fully saturated rings. The van der Waals surface area contributed by atoms with Gasteiger partial charge < -0.3 is 13.0 Å². The molecule has 68 valence electrons. The van der Waals surface area contributed by atoms with Crippen molar-refractivity contribution in [2.24, 2.45) is 5.90 Å². The first-order chi connectivity index (χ1) is 5.11. The molecule has 0 radical (unpaired) electrons. The molecule has 0 bridgehead atoms. The molecule has 0 aromatic carbocycles. The predicted molar refractivity (Wildman–Crippen MR) is 49.7 cm³/mol. The quantitative estimate of drug-likeness (QED) is 0.313. The van der Waals surface area contributed by atoms with Crippen LogP contribution >= 0.6 is 12.6 Å². The van der Waals surface area contributed by atoms with Gasteiger partial charge in [-0.15, -0.1) is 0 Å². The number of thiol groups is 1. The van der Waals surface area contributed by atoms with E-state index in [4.69, 9.17) is 0 Å². The molecular weight excluding hydrogens is 208 g/mol. The van der Waals surface area contributed by atoms with Crippen LogP contribution in [0.3, 0.4) is 0 Å². The summed E-state index contributed by atoms with van der Waals surface area (Å²) in [5.74, 6) is 3.73. The van der Waals surface area contributed by atoms with Crippen LogP contribution in [0.2, 0.25) is 0 Å². The Hall–Kier alpha value is 0.510. The average Bonchev–Trinajstić information content (AvgIpc) is 1.98. The normalized spacial score (nSPS) is 10.9. The second kappa shape index (κ2) is 8.12. The summed E-state index contributed by atoms with van der Waals surface area (Å²) < 4.78 is 0. The van der Waals surface area contributed by atoms with Crippen molar-refractivity contribution < 1.29 is 17.3 Å². The van der Waals surface area contributed by atoms with Gasteiger partial charge in [-0.25, -0.2) is 4.79 Å². The summed E-state index contributed by atoms with van der Waals surface area (Å²) in [5.41, 5.74) is 0. The maximum Gasteiger partial charge on any atom is 2.00 e. The van der Waals surface area contributed by atoms with Crippen molar-refractivity contribution in [3.63, 3.8) is 0 Å². The van der Waals surface area contributed by atoms with Crippen LogP contribution in [0.5, 0.6) is 0 Å². The number of amides is 1. The van der Waals surface area contributed by atoms with E-state index in [1.165, 1.54) is 6.92 Å². The Kier molecular flexibility index (Phi) is 10.2. The van der Waals surface area contributed by atoms with Gasteiger partial charge in [0.15, 0.2) is 0 Å². The van der Waals surface area contributed by atoms with E-state index in [0.29, 0.717) is 0 Å². The summed E-state index contributed by atoms with van der Waals surface area (Å²) in [6.45, 7) is 1.29. The fourth-order valence-electron chi connectivity index (χ4n) is 0.507. The van der Waals surface area contributed by atoms with E-state index in [9.17, 15) is 9.59 Å². The molecular formula is C5H12CaN2O3S. The van der Waals surface area contributed by atoms with Crippen LogP contribution in [0.25, 0.3) is 0 Å². The number of carbonyl (C=O) groups excluding carboxylic acids is 2. The van der Waals surface area contributed by atoms with Gasteiger partial charge in [-0.1, -0.05) is 0 Å².